The first-order valence-corrected chi connectivity index (χ1v) is 11.0. The summed E-state index contributed by atoms with van der Waals surface area (Å²) in [5.41, 5.74) is 0.306. The lowest BCUT2D eigenvalue weighted by Gasteiger charge is -2.03. The van der Waals surface area contributed by atoms with E-state index in [1.54, 1.807) is 18.3 Å². The summed E-state index contributed by atoms with van der Waals surface area (Å²) >= 11 is 0. The molecule has 28 heavy (non-hydrogen) atoms. The van der Waals surface area contributed by atoms with Gasteiger partial charge in [-0.05, 0) is 44.2 Å². The molecule has 0 aliphatic heterocycles. The van der Waals surface area contributed by atoms with E-state index in [0.717, 1.165) is 25.7 Å². The fourth-order valence-electron chi connectivity index (χ4n) is 3.04. The molecule has 0 saturated heterocycles. The summed E-state index contributed by atoms with van der Waals surface area (Å²) < 4.78 is 4.83. The number of nitrogens with zero attached hydrogens (tertiary/aromatic N) is 1. The van der Waals surface area contributed by atoms with Crippen molar-refractivity contribution in [3.05, 3.63) is 42.2 Å². The number of hydrogen-bond acceptors (Lipinski definition) is 4. The normalized spacial score (nSPS) is 11.0. The highest BCUT2D eigenvalue weighted by atomic mass is 16.6. The maximum Gasteiger partial charge on any atom is 0.347 e. The van der Waals surface area contributed by atoms with E-state index in [-0.39, 0.29) is 0 Å². The summed E-state index contributed by atoms with van der Waals surface area (Å²) in [7, 11) is 0. The number of ether oxygens (including phenoxy) is 1. The van der Waals surface area contributed by atoms with Crippen LogP contribution in [0.1, 0.15) is 107 Å². The van der Waals surface area contributed by atoms with Crippen LogP contribution in [0.4, 0.5) is 0 Å². The van der Waals surface area contributed by atoms with Crippen molar-refractivity contribution in [3.8, 4) is 0 Å². The molecule has 1 heterocycles. The van der Waals surface area contributed by atoms with Crippen LogP contribution in [-0.2, 0) is 9.53 Å². The lowest BCUT2D eigenvalue weighted by Crippen LogP contribution is -2.12. The van der Waals surface area contributed by atoms with Crippen LogP contribution in [-0.4, -0.2) is 16.9 Å². The number of carbonyl (C=O) groups excluding carboxylic acids is 2. The molecule has 0 radical (unpaired) electrons. The fraction of sp³-hybridized carbons (Fsp3) is 0.625. The van der Waals surface area contributed by atoms with Gasteiger partial charge in [-0.1, -0.05) is 70.4 Å². The van der Waals surface area contributed by atoms with Crippen molar-refractivity contribution in [2.24, 2.45) is 0 Å². The number of allylic oxidation sites excluding steroid dienone is 2. The first-order valence-electron chi connectivity index (χ1n) is 11.0. The Hall–Kier alpha value is -1.97. The minimum Gasteiger partial charge on any atom is -0.389 e. The van der Waals surface area contributed by atoms with Gasteiger partial charge in [0, 0.05) is 18.8 Å². The second kappa shape index (κ2) is 17.2. The fourth-order valence-corrected chi connectivity index (χ4v) is 3.04. The SMILES string of the molecule is CCCCCCCCC=CCCCCCCCC(=O)OC(=O)c1cccnc1. The van der Waals surface area contributed by atoms with E-state index >= 15 is 0 Å². The van der Waals surface area contributed by atoms with Gasteiger partial charge >= 0.3 is 11.9 Å². The third-order valence-electron chi connectivity index (χ3n) is 4.75. The molecule has 0 unspecified atom stereocenters. The largest absolute Gasteiger partial charge is 0.389 e. The van der Waals surface area contributed by atoms with Crippen LogP contribution in [0.5, 0.6) is 0 Å². The quantitative estimate of drug-likeness (QED) is 0.135. The minimum atomic E-state index is -0.620. The number of rotatable bonds is 16. The average Bonchev–Trinajstić information content (AvgIpc) is 2.71. The van der Waals surface area contributed by atoms with E-state index in [4.69, 9.17) is 4.74 Å². The van der Waals surface area contributed by atoms with Crippen LogP contribution in [0.3, 0.4) is 0 Å². The molecule has 4 heteroatoms. The summed E-state index contributed by atoms with van der Waals surface area (Å²) in [6.45, 7) is 2.25. The second-order valence-corrected chi connectivity index (χ2v) is 7.34. The third kappa shape index (κ3) is 13.2. The van der Waals surface area contributed by atoms with Crippen molar-refractivity contribution in [2.45, 2.75) is 96.8 Å². The molecule has 0 aliphatic carbocycles. The highest BCUT2D eigenvalue weighted by Gasteiger charge is 2.12. The topological polar surface area (TPSA) is 56.3 Å². The summed E-state index contributed by atoms with van der Waals surface area (Å²) in [4.78, 5) is 27.3. The second-order valence-electron chi connectivity index (χ2n) is 7.34. The highest BCUT2D eigenvalue weighted by molar-refractivity contribution is 5.96. The molecule has 0 atom stereocenters. The Balaban J connectivity index is 1.89. The highest BCUT2D eigenvalue weighted by Crippen LogP contribution is 2.10. The molecule has 0 N–H and O–H groups in total. The molecule has 1 rings (SSSR count). The van der Waals surface area contributed by atoms with Gasteiger partial charge < -0.3 is 4.74 Å². The zero-order chi connectivity index (χ0) is 20.3. The van der Waals surface area contributed by atoms with Crippen LogP contribution in [0.25, 0.3) is 0 Å². The Kier molecular flexibility index (Phi) is 14.7. The number of carbonyl (C=O) groups is 2. The van der Waals surface area contributed by atoms with Gasteiger partial charge in [-0.2, -0.15) is 0 Å². The molecular formula is C24H37NO3. The van der Waals surface area contributed by atoms with Gasteiger partial charge in [0.15, 0.2) is 0 Å². The predicted molar refractivity (Wildman–Crippen MR) is 114 cm³/mol. The Morgan fingerprint density at radius 2 is 1.50 bits per heavy atom. The summed E-state index contributed by atoms with van der Waals surface area (Å²) in [5.74, 6) is -1.07. The Labute approximate surface area is 170 Å². The Morgan fingerprint density at radius 3 is 2.11 bits per heavy atom. The van der Waals surface area contributed by atoms with Crippen molar-refractivity contribution < 1.29 is 14.3 Å². The van der Waals surface area contributed by atoms with Gasteiger partial charge in [0.2, 0.25) is 0 Å². The standard InChI is InChI=1S/C24H37NO3/c1-2-3-4-5-6-7-8-9-10-11-12-13-14-15-16-19-23(26)28-24(27)22-18-17-20-25-21-22/h9-10,17-18,20-21H,2-8,11-16,19H2,1H3. The average molecular weight is 388 g/mol. The molecule has 0 saturated carbocycles. The molecule has 4 nitrogen and oxygen atoms in total. The monoisotopic (exact) mass is 387 g/mol. The first kappa shape index (κ1) is 24.1. The van der Waals surface area contributed by atoms with E-state index in [1.807, 2.05) is 0 Å². The van der Waals surface area contributed by atoms with Crippen molar-refractivity contribution >= 4 is 11.9 Å². The van der Waals surface area contributed by atoms with Crippen LogP contribution in [0.15, 0.2) is 36.7 Å². The Morgan fingerprint density at radius 1 is 0.893 bits per heavy atom. The third-order valence-corrected chi connectivity index (χ3v) is 4.75. The maximum absolute atomic E-state index is 11.7. The minimum absolute atomic E-state index is 0.296. The Bertz CT molecular complexity index is 554. The van der Waals surface area contributed by atoms with E-state index < -0.39 is 11.9 Å². The van der Waals surface area contributed by atoms with Crippen molar-refractivity contribution in [3.63, 3.8) is 0 Å². The molecular weight excluding hydrogens is 350 g/mol. The van der Waals surface area contributed by atoms with E-state index in [9.17, 15) is 9.59 Å². The van der Waals surface area contributed by atoms with Gasteiger partial charge in [0.05, 0.1) is 5.56 Å². The van der Waals surface area contributed by atoms with E-state index in [1.165, 1.54) is 64.0 Å². The van der Waals surface area contributed by atoms with Crippen LogP contribution >= 0.6 is 0 Å². The lowest BCUT2D eigenvalue weighted by atomic mass is 10.1. The molecule has 0 bridgehead atoms. The zero-order valence-corrected chi connectivity index (χ0v) is 17.5. The molecule has 1 aromatic heterocycles. The number of pyridine rings is 1. The van der Waals surface area contributed by atoms with Gasteiger partial charge in [0.25, 0.3) is 0 Å². The van der Waals surface area contributed by atoms with Crippen molar-refractivity contribution in [1.82, 2.24) is 4.98 Å². The summed E-state index contributed by atoms with van der Waals surface area (Å²) in [5, 5.41) is 0. The van der Waals surface area contributed by atoms with E-state index in [0.29, 0.717) is 12.0 Å². The zero-order valence-electron chi connectivity index (χ0n) is 17.5. The molecule has 156 valence electrons. The van der Waals surface area contributed by atoms with Gasteiger partial charge in [-0.25, -0.2) is 4.79 Å². The van der Waals surface area contributed by atoms with Crippen LogP contribution < -0.4 is 0 Å². The molecule has 0 fully saturated rings. The van der Waals surface area contributed by atoms with Gasteiger partial charge in [0.1, 0.15) is 0 Å². The van der Waals surface area contributed by atoms with Crippen LogP contribution in [0, 0.1) is 0 Å². The summed E-state index contributed by atoms with van der Waals surface area (Å²) in [6, 6.07) is 3.23. The molecule has 0 amide bonds. The number of unbranched alkanes of at least 4 members (excludes halogenated alkanes) is 11. The van der Waals surface area contributed by atoms with Gasteiger partial charge in [-0.15, -0.1) is 0 Å². The number of hydrogen-bond donors (Lipinski definition) is 0. The molecule has 0 spiro atoms. The number of esters is 2. The van der Waals surface area contributed by atoms with Gasteiger partial charge in [-0.3, -0.25) is 9.78 Å². The van der Waals surface area contributed by atoms with Crippen LogP contribution in [0.2, 0.25) is 0 Å². The molecule has 0 aromatic carbocycles. The first-order chi connectivity index (χ1) is 13.7. The smallest absolute Gasteiger partial charge is 0.347 e. The molecule has 1 aromatic rings. The lowest BCUT2D eigenvalue weighted by molar-refractivity contribution is -0.138. The number of aromatic nitrogens is 1. The van der Waals surface area contributed by atoms with E-state index in [2.05, 4.69) is 24.1 Å². The van der Waals surface area contributed by atoms with Crippen molar-refractivity contribution in [2.75, 3.05) is 0 Å². The van der Waals surface area contributed by atoms with Crippen molar-refractivity contribution in [1.29, 1.82) is 0 Å². The molecule has 0 aliphatic rings. The predicted octanol–water partition coefficient (Wildman–Crippen LogP) is 6.80. The summed E-state index contributed by atoms with van der Waals surface area (Å²) in [6.07, 6.45) is 23.7. The maximum atomic E-state index is 11.7.